The summed E-state index contributed by atoms with van der Waals surface area (Å²) < 4.78 is 12.5. The highest BCUT2D eigenvalue weighted by molar-refractivity contribution is 7.86. The van der Waals surface area contributed by atoms with E-state index in [1.165, 1.54) is 39.1 Å². The van der Waals surface area contributed by atoms with Crippen molar-refractivity contribution in [2.45, 2.75) is 36.2 Å². The van der Waals surface area contributed by atoms with Crippen molar-refractivity contribution in [3.63, 3.8) is 0 Å². The molecule has 0 radical (unpaired) electrons. The van der Waals surface area contributed by atoms with Crippen LogP contribution in [0.3, 0.4) is 0 Å². The van der Waals surface area contributed by atoms with Crippen LogP contribution in [0.5, 0.6) is 0 Å². The molecule has 0 aliphatic carbocycles. The van der Waals surface area contributed by atoms with Gasteiger partial charge in [0.1, 0.15) is 0 Å². The highest BCUT2D eigenvalue weighted by Crippen LogP contribution is 2.40. The average Bonchev–Trinajstić information content (AvgIpc) is 2.61. The van der Waals surface area contributed by atoms with Gasteiger partial charge >= 0.3 is 0 Å². The zero-order valence-electron chi connectivity index (χ0n) is 13.6. The Hall–Kier alpha value is -1.93. The lowest BCUT2D eigenvalue weighted by atomic mass is 9.88. The summed E-state index contributed by atoms with van der Waals surface area (Å²) in [5.41, 5.74) is 2.75. The average molecular weight is 332 g/mol. The maximum Gasteiger partial charge on any atom is 0.0536 e. The van der Waals surface area contributed by atoms with Crippen molar-refractivity contribution in [2.75, 3.05) is 0 Å². The summed E-state index contributed by atoms with van der Waals surface area (Å²) in [6.07, 6.45) is 6.71. The van der Waals surface area contributed by atoms with Gasteiger partial charge in [-0.25, -0.2) is 0 Å². The van der Waals surface area contributed by atoms with Crippen LogP contribution in [0, 0.1) is 0 Å². The molecule has 0 spiro atoms. The fourth-order valence-corrected chi connectivity index (χ4v) is 6.35. The first-order chi connectivity index (χ1) is 11.8. The number of benzene rings is 3. The van der Waals surface area contributed by atoms with E-state index in [2.05, 4.69) is 60.7 Å². The van der Waals surface area contributed by atoms with Crippen LogP contribution in [-0.2, 0) is 10.8 Å². The zero-order chi connectivity index (χ0) is 16.1. The molecule has 3 atom stereocenters. The Balaban J connectivity index is 1.78. The molecule has 2 aliphatic heterocycles. The second-order valence-electron chi connectivity index (χ2n) is 7.01. The summed E-state index contributed by atoms with van der Waals surface area (Å²) in [7, 11) is -0.668. The smallest absolute Gasteiger partial charge is 0.0536 e. The monoisotopic (exact) mass is 332 g/mol. The van der Waals surface area contributed by atoms with Crippen molar-refractivity contribution in [3.8, 4) is 0 Å². The lowest BCUT2D eigenvalue weighted by Crippen LogP contribution is -2.33. The largest absolute Gasteiger partial charge is 0.259 e. The third-order valence-corrected chi connectivity index (χ3v) is 7.62. The first kappa shape index (κ1) is 14.4. The van der Waals surface area contributed by atoms with E-state index in [4.69, 9.17) is 0 Å². The molecule has 1 saturated heterocycles. The third kappa shape index (κ3) is 2.16. The van der Waals surface area contributed by atoms with Gasteiger partial charge in [-0.1, -0.05) is 61.0 Å². The minimum atomic E-state index is -0.668. The molecule has 0 N–H and O–H groups in total. The fraction of sp³-hybridized carbons (Fsp3) is 0.273. The lowest BCUT2D eigenvalue weighted by molar-refractivity contribution is 0.579. The van der Waals surface area contributed by atoms with E-state index in [1.54, 1.807) is 0 Å². The van der Waals surface area contributed by atoms with Crippen LogP contribution in [0.2, 0.25) is 0 Å². The number of fused-ring (bicyclic) bond motifs is 5. The van der Waals surface area contributed by atoms with E-state index in [1.807, 2.05) is 0 Å². The van der Waals surface area contributed by atoms with Crippen molar-refractivity contribution in [2.24, 2.45) is 0 Å². The van der Waals surface area contributed by atoms with E-state index in [0.29, 0.717) is 5.25 Å². The van der Waals surface area contributed by atoms with Crippen LogP contribution in [0.25, 0.3) is 27.1 Å². The molecule has 24 heavy (non-hydrogen) atoms. The Morgan fingerprint density at radius 2 is 1.62 bits per heavy atom. The first-order valence-corrected chi connectivity index (χ1v) is 10.1. The molecule has 2 heterocycles. The molecule has 1 nitrogen and oxygen atoms in total. The number of hydrogen-bond donors (Lipinski definition) is 0. The molecule has 0 saturated carbocycles. The Morgan fingerprint density at radius 1 is 0.875 bits per heavy atom. The highest BCUT2D eigenvalue weighted by Gasteiger charge is 2.33. The molecule has 3 aromatic rings. The molecule has 3 aromatic carbocycles. The van der Waals surface area contributed by atoms with Crippen LogP contribution in [0.4, 0.5) is 0 Å². The topological polar surface area (TPSA) is 17.1 Å². The van der Waals surface area contributed by atoms with Gasteiger partial charge in [-0.2, -0.15) is 0 Å². The van der Waals surface area contributed by atoms with E-state index >= 15 is 0 Å². The molecule has 2 aliphatic rings. The summed E-state index contributed by atoms with van der Waals surface area (Å²) in [5.74, 6) is 0. The van der Waals surface area contributed by atoms with Gasteiger partial charge in [0.15, 0.2) is 0 Å². The zero-order valence-corrected chi connectivity index (χ0v) is 14.4. The molecule has 0 amide bonds. The van der Waals surface area contributed by atoms with E-state index in [0.717, 1.165) is 19.3 Å². The Morgan fingerprint density at radius 3 is 2.46 bits per heavy atom. The van der Waals surface area contributed by atoms with Gasteiger partial charge in [0.25, 0.3) is 0 Å². The molecule has 2 bridgehead atoms. The second-order valence-corrected chi connectivity index (χ2v) is 8.94. The van der Waals surface area contributed by atoms with E-state index in [9.17, 15) is 4.21 Å². The Bertz CT molecular complexity index is 1000. The molecule has 1 fully saturated rings. The van der Waals surface area contributed by atoms with Crippen LogP contribution in [0.15, 0.2) is 60.7 Å². The number of allylic oxidation sites excluding steroid dienone is 1. The SMILES string of the molecule is O=S1C2C=C(c3cc4ccccc4c4ccccc34)CC1CCC2. The number of hydrogen-bond acceptors (Lipinski definition) is 1. The minimum Gasteiger partial charge on any atom is -0.259 e. The van der Waals surface area contributed by atoms with E-state index < -0.39 is 10.8 Å². The Labute approximate surface area is 144 Å². The van der Waals surface area contributed by atoms with Crippen molar-refractivity contribution in [1.82, 2.24) is 0 Å². The van der Waals surface area contributed by atoms with Crippen molar-refractivity contribution in [3.05, 3.63) is 66.2 Å². The maximum absolute atomic E-state index is 12.5. The highest BCUT2D eigenvalue weighted by atomic mass is 32.2. The lowest BCUT2D eigenvalue weighted by Gasteiger charge is -2.33. The van der Waals surface area contributed by atoms with Gasteiger partial charge in [0.05, 0.1) is 5.25 Å². The second kappa shape index (κ2) is 5.56. The normalized spacial score (nSPS) is 26.5. The maximum atomic E-state index is 12.5. The van der Waals surface area contributed by atoms with E-state index in [-0.39, 0.29) is 5.25 Å². The molecule has 2 heteroatoms. The predicted octanol–water partition coefficient (Wildman–Crippen LogP) is 5.45. The fourth-order valence-electron chi connectivity index (χ4n) is 4.42. The summed E-state index contributed by atoms with van der Waals surface area (Å²) in [5, 5.41) is 5.88. The predicted molar refractivity (Wildman–Crippen MR) is 104 cm³/mol. The van der Waals surface area contributed by atoms with Crippen molar-refractivity contribution in [1.29, 1.82) is 0 Å². The molecule has 5 rings (SSSR count). The first-order valence-electron chi connectivity index (χ1n) is 8.82. The van der Waals surface area contributed by atoms with Crippen molar-refractivity contribution >= 4 is 37.9 Å². The molecule has 3 unspecified atom stereocenters. The standard InChI is InChI=1S/C22H20OS/c23-24-17-7-5-8-18(24)13-16(12-17)22-14-15-6-1-2-9-19(15)20-10-3-4-11-21(20)22/h1-4,6,9-12,14,17-18H,5,7-8,13H2. The molecular formula is C22H20OS. The van der Waals surface area contributed by atoms with Gasteiger partial charge < -0.3 is 0 Å². The van der Waals surface area contributed by atoms with Gasteiger partial charge in [0.2, 0.25) is 0 Å². The molecular weight excluding hydrogens is 312 g/mol. The van der Waals surface area contributed by atoms with Gasteiger partial charge in [-0.05, 0) is 58.0 Å². The summed E-state index contributed by atoms with van der Waals surface area (Å²) >= 11 is 0. The molecule has 120 valence electrons. The minimum absolute atomic E-state index is 0.262. The Kier molecular flexibility index (Phi) is 3.34. The van der Waals surface area contributed by atoms with Crippen molar-refractivity contribution < 1.29 is 4.21 Å². The van der Waals surface area contributed by atoms with Crippen LogP contribution < -0.4 is 0 Å². The summed E-state index contributed by atoms with van der Waals surface area (Å²) in [6, 6.07) is 19.7. The van der Waals surface area contributed by atoms with Crippen LogP contribution in [-0.4, -0.2) is 14.7 Å². The van der Waals surface area contributed by atoms with Gasteiger partial charge in [-0.3, -0.25) is 4.21 Å². The van der Waals surface area contributed by atoms with Crippen LogP contribution in [0.1, 0.15) is 31.2 Å². The third-order valence-electron chi connectivity index (χ3n) is 5.59. The van der Waals surface area contributed by atoms with Gasteiger partial charge in [0, 0.05) is 16.0 Å². The van der Waals surface area contributed by atoms with Crippen LogP contribution >= 0.6 is 0 Å². The quantitative estimate of drug-likeness (QED) is 0.542. The summed E-state index contributed by atoms with van der Waals surface area (Å²) in [6.45, 7) is 0. The number of rotatable bonds is 1. The van der Waals surface area contributed by atoms with Gasteiger partial charge in [-0.15, -0.1) is 0 Å². The molecule has 0 aromatic heterocycles. The summed E-state index contributed by atoms with van der Waals surface area (Å²) in [4.78, 5) is 0.